The van der Waals surface area contributed by atoms with Crippen LogP contribution in [0.1, 0.15) is 34.1 Å². The Morgan fingerprint density at radius 3 is 2.52 bits per heavy atom. The Kier molecular flexibility index (Phi) is 4.31. The maximum absolute atomic E-state index is 12.4. The molecular weight excluding hydrogens is 350 g/mol. The van der Waals surface area contributed by atoms with Crippen molar-refractivity contribution in [3.05, 3.63) is 50.6 Å². The molecule has 1 aliphatic rings. The van der Waals surface area contributed by atoms with Crippen LogP contribution in [0.15, 0.2) is 40.2 Å². The molecule has 1 aromatic heterocycles. The van der Waals surface area contributed by atoms with E-state index >= 15 is 0 Å². The molecule has 0 aliphatic heterocycles. The van der Waals surface area contributed by atoms with Crippen molar-refractivity contribution < 1.29 is 9.53 Å². The fourth-order valence-corrected chi connectivity index (χ4v) is 3.65. The van der Waals surface area contributed by atoms with Gasteiger partial charge in [0.25, 0.3) is 5.91 Å². The summed E-state index contributed by atoms with van der Waals surface area (Å²) in [4.78, 5) is 13.1. The molecule has 0 spiro atoms. The molecule has 1 N–H and O–H groups in total. The molecule has 1 aliphatic carbocycles. The average Bonchev–Trinajstić information content (AvgIpc) is 3.25. The summed E-state index contributed by atoms with van der Waals surface area (Å²) in [7, 11) is 1.66. The fraction of sp³-hybridized carbons (Fsp3) is 0.312. The minimum atomic E-state index is -0.00146. The number of hydrogen-bond donors (Lipinski definition) is 1. The molecule has 2 aromatic rings. The minimum absolute atomic E-state index is 0.00146. The Balaban J connectivity index is 1.76. The molecule has 110 valence electrons. The van der Waals surface area contributed by atoms with Crippen molar-refractivity contribution in [1.29, 1.82) is 0 Å². The van der Waals surface area contributed by atoms with Crippen molar-refractivity contribution in [3.8, 4) is 5.75 Å². The summed E-state index contributed by atoms with van der Waals surface area (Å²) in [6.45, 7) is 0. The van der Waals surface area contributed by atoms with Gasteiger partial charge in [-0.1, -0.05) is 12.1 Å². The third-order valence-corrected chi connectivity index (χ3v) is 5.27. The van der Waals surface area contributed by atoms with Gasteiger partial charge in [-0.2, -0.15) is 0 Å². The number of hydrogen-bond acceptors (Lipinski definition) is 3. The van der Waals surface area contributed by atoms with Crippen LogP contribution < -0.4 is 10.1 Å². The quantitative estimate of drug-likeness (QED) is 0.852. The third kappa shape index (κ3) is 3.47. The minimum Gasteiger partial charge on any atom is -0.497 e. The van der Waals surface area contributed by atoms with Crippen LogP contribution in [0.3, 0.4) is 0 Å². The summed E-state index contributed by atoms with van der Waals surface area (Å²) < 4.78 is 6.16. The highest BCUT2D eigenvalue weighted by Crippen LogP contribution is 2.41. The zero-order valence-corrected chi connectivity index (χ0v) is 14.0. The summed E-state index contributed by atoms with van der Waals surface area (Å²) in [5.41, 5.74) is 1.14. The molecule has 1 heterocycles. The van der Waals surface area contributed by atoms with Crippen LogP contribution in [0.25, 0.3) is 0 Å². The summed E-state index contributed by atoms with van der Waals surface area (Å²) in [5, 5.41) is 3.17. The van der Waals surface area contributed by atoms with Gasteiger partial charge in [-0.05, 0) is 64.5 Å². The molecule has 1 amide bonds. The molecule has 1 atom stereocenters. The van der Waals surface area contributed by atoms with Gasteiger partial charge in [0.15, 0.2) is 0 Å². The zero-order chi connectivity index (χ0) is 14.8. The van der Waals surface area contributed by atoms with Gasteiger partial charge in [0, 0.05) is 0 Å². The van der Waals surface area contributed by atoms with E-state index < -0.39 is 0 Å². The Morgan fingerprint density at radius 1 is 1.29 bits per heavy atom. The first kappa shape index (κ1) is 14.6. The van der Waals surface area contributed by atoms with E-state index in [-0.39, 0.29) is 11.9 Å². The van der Waals surface area contributed by atoms with Crippen molar-refractivity contribution in [2.75, 3.05) is 7.11 Å². The lowest BCUT2D eigenvalue weighted by atomic mass is 10.0. The van der Waals surface area contributed by atoms with Crippen LogP contribution in [0.4, 0.5) is 0 Å². The van der Waals surface area contributed by atoms with Crippen molar-refractivity contribution in [1.82, 2.24) is 5.32 Å². The van der Waals surface area contributed by atoms with Crippen LogP contribution in [0.5, 0.6) is 5.75 Å². The first-order chi connectivity index (χ1) is 10.2. The first-order valence-corrected chi connectivity index (χ1v) is 8.48. The van der Waals surface area contributed by atoms with Crippen LogP contribution >= 0.6 is 27.3 Å². The van der Waals surface area contributed by atoms with E-state index in [0.717, 1.165) is 20.0 Å². The van der Waals surface area contributed by atoms with Crippen molar-refractivity contribution in [2.24, 2.45) is 5.92 Å². The largest absolute Gasteiger partial charge is 0.497 e. The number of thiophene rings is 1. The second kappa shape index (κ2) is 6.20. The SMILES string of the molecule is COc1ccc(C(NC(=O)c2ccc(Br)s2)C2CC2)cc1. The standard InChI is InChI=1S/C16H16BrNO2S/c1-20-12-6-4-11(5-7-12)15(10-2-3-10)18-16(19)13-8-9-14(17)21-13/h4-10,15H,2-3H2,1H3,(H,18,19). The molecule has 0 radical (unpaired) electrons. The molecule has 1 aromatic carbocycles. The number of nitrogens with one attached hydrogen (secondary N) is 1. The molecule has 1 fully saturated rings. The topological polar surface area (TPSA) is 38.3 Å². The van der Waals surface area contributed by atoms with E-state index in [1.54, 1.807) is 7.11 Å². The van der Waals surface area contributed by atoms with Gasteiger partial charge in [-0.25, -0.2) is 0 Å². The van der Waals surface area contributed by atoms with E-state index in [1.807, 2.05) is 36.4 Å². The highest BCUT2D eigenvalue weighted by molar-refractivity contribution is 9.11. The summed E-state index contributed by atoms with van der Waals surface area (Å²) in [6.07, 6.45) is 2.34. The Labute approximate surface area is 136 Å². The predicted octanol–water partition coefficient (Wildman–Crippen LogP) is 4.40. The fourth-order valence-electron chi connectivity index (χ4n) is 2.36. The summed E-state index contributed by atoms with van der Waals surface area (Å²) in [5.74, 6) is 1.38. The van der Waals surface area contributed by atoms with E-state index in [4.69, 9.17) is 4.74 Å². The zero-order valence-electron chi connectivity index (χ0n) is 11.6. The molecule has 5 heteroatoms. The van der Waals surface area contributed by atoms with Crippen molar-refractivity contribution >= 4 is 33.2 Å². The van der Waals surface area contributed by atoms with E-state index in [9.17, 15) is 4.79 Å². The number of benzene rings is 1. The van der Waals surface area contributed by atoms with E-state index in [0.29, 0.717) is 5.92 Å². The number of methoxy groups -OCH3 is 1. The van der Waals surface area contributed by atoms with Crippen LogP contribution in [-0.4, -0.2) is 13.0 Å². The molecule has 3 nitrogen and oxygen atoms in total. The smallest absolute Gasteiger partial charge is 0.261 e. The molecule has 21 heavy (non-hydrogen) atoms. The molecule has 0 bridgehead atoms. The van der Waals surface area contributed by atoms with Gasteiger partial charge >= 0.3 is 0 Å². The number of halogens is 1. The lowest BCUT2D eigenvalue weighted by Crippen LogP contribution is -2.29. The second-order valence-electron chi connectivity index (χ2n) is 5.17. The van der Waals surface area contributed by atoms with Gasteiger partial charge in [-0.3, -0.25) is 4.79 Å². The maximum Gasteiger partial charge on any atom is 0.261 e. The monoisotopic (exact) mass is 365 g/mol. The summed E-state index contributed by atoms with van der Waals surface area (Å²) in [6, 6.07) is 11.8. The highest BCUT2D eigenvalue weighted by atomic mass is 79.9. The highest BCUT2D eigenvalue weighted by Gasteiger charge is 2.33. The molecule has 1 saturated carbocycles. The van der Waals surface area contributed by atoms with Crippen molar-refractivity contribution in [3.63, 3.8) is 0 Å². The van der Waals surface area contributed by atoms with E-state index in [2.05, 4.69) is 21.2 Å². The van der Waals surface area contributed by atoms with Crippen LogP contribution in [0.2, 0.25) is 0 Å². The first-order valence-electron chi connectivity index (χ1n) is 6.87. The molecule has 0 saturated heterocycles. The number of carbonyl (C=O) groups is 1. The maximum atomic E-state index is 12.4. The predicted molar refractivity (Wildman–Crippen MR) is 87.9 cm³/mol. The third-order valence-electron chi connectivity index (χ3n) is 3.65. The van der Waals surface area contributed by atoms with Crippen LogP contribution in [-0.2, 0) is 0 Å². The number of carbonyl (C=O) groups excluding carboxylic acids is 1. The van der Waals surface area contributed by atoms with Gasteiger partial charge in [0.1, 0.15) is 5.75 Å². The van der Waals surface area contributed by atoms with Crippen molar-refractivity contribution in [2.45, 2.75) is 18.9 Å². The lowest BCUT2D eigenvalue weighted by molar-refractivity contribution is 0.0936. The lowest BCUT2D eigenvalue weighted by Gasteiger charge is -2.18. The van der Waals surface area contributed by atoms with E-state index in [1.165, 1.54) is 24.2 Å². The van der Waals surface area contributed by atoms with Gasteiger partial charge in [0.2, 0.25) is 0 Å². The van der Waals surface area contributed by atoms with Gasteiger partial charge in [0.05, 0.1) is 21.8 Å². The number of amides is 1. The number of rotatable bonds is 5. The average molecular weight is 366 g/mol. The van der Waals surface area contributed by atoms with Gasteiger partial charge < -0.3 is 10.1 Å². The second-order valence-corrected chi connectivity index (χ2v) is 7.63. The molecule has 1 unspecified atom stereocenters. The normalized spacial score (nSPS) is 15.5. The number of ether oxygens (including phenoxy) is 1. The van der Waals surface area contributed by atoms with Gasteiger partial charge in [-0.15, -0.1) is 11.3 Å². The summed E-state index contributed by atoms with van der Waals surface area (Å²) >= 11 is 4.85. The molecule has 3 rings (SSSR count). The Morgan fingerprint density at radius 2 is 2.00 bits per heavy atom. The molecular formula is C16H16BrNO2S. The Hall–Kier alpha value is -1.33. The van der Waals surface area contributed by atoms with Crippen LogP contribution in [0, 0.1) is 5.92 Å². The Bertz CT molecular complexity index is 634.